The molecule has 0 heterocycles. The molecule has 2 rings (SSSR count). The molecular formula is C21H21ClN2O7. The number of benzene rings is 2. The Bertz CT molecular complexity index is 950. The minimum atomic E-state index is -1.33. The van der Waals surface area contributed by atoms with E-state index in [0.717, 1.165) is 5.56 Å². The largest absolute Gasteiger partial charge is 0.480 e. The van der Waals surface area contributed by atoms with Crippen LogP contribution in [0.2, 0.25) is 5.02 Å². The Hall–Kier alpha value is -3.59. The Balaban J connectivity index is 1.90. The standard InChI is InChI=1S/C21H21ClN2O7/c1-30-20(28)15-11-14(22)7-8-16(15)23-18(25)10-9-17(19(26)27)24-21(29)31-12-13-5-3-2-4-6-13/h2-8,11,17H,9-10,12H2,1H3,(H,23,25)(H,24,29)(H,26,27). The molecule has 0 aliphatic carbocycles. The number of carboxylic acids is 1. The molecule has 1 atom stereocenters. The van der Waals surface area contributed by atoms with Crippen molar-refractivity contribution >= 4 is 41.2 Å². The minimum Gasteiger partial charge on any atom is -0.480 e. The van der Waals surface area contributed by atoms with Gasteiger partial charge in [0, 0.05) is 11.4 Å². The van der Waals surface area contributed by atoms with Crippen LogP contribution in [-0.2, 0) is 25.7 Å². The highest BCUT2D eigenvalue weighted by atomic mass is 35.5. The van der Waals surface area contributed by atoms with E-state index in [1.54, 1.807) is 24.3 Å². The third-order valence-corrected chi connectivity index (χ3v) is 4.36. The average molecular weight is 449 g/mol. The number of aliphatic carboxylic acids is 1. The summed E-state index contributed by atoms with van der Waals surface area (Å²) in [6.07, 6.45) is -1.34. The molecule has 0 saturated heterocycles. The van der Waals surface area contributed by atoms with E-state index in [0.29, 0.717) is 0 Å². The van der Waals surface area contributed by atoms with Crippen LogP contribution in [0.3, 0.4) is 0 Å². The first kappa shape index (κ1) is 23.7. The van der Waals surface area contributed by atoms with Crippen molar-refractivity contribution in [3.63, 3.8) is 0 Å². The van der Waals surface area contributed by atoms with Crippen LogP contribution in [0.5, 0.6) is 0 Å². The monoisotopic (exact) mass is 448 g/mol. The molecule has 0 radical (unpaired) electrons. The highest BCUT2D eigenvalue weighted by Crippen LogP contribution is 2.22. The SMILES string of the molecule is COC(=O)c1cc(Cl)ccc1NC(=O)CCC(NC(=O)OCc1ccccc1)C(=O)O. The van der Waals surface area contributed by atoms with Crippen LogP contribution in [0.4, 0.5) is 10.5 Å². The molecule has 1 unspecified atom stereocenters. The molecule has 0 fully saturated rings. The van der Waals surface area contributed by atoms with E-state index in [1.165, 1.54) is 25.3 Å². The normalized spacial score (nSPS) is 11.2. The average Bonchev–Trinajstić information content (AvgIpc) is 2.76. The van der Waals surface area contributed by atoms with E-state index >= 15 is 0 Å². The van der Waals surface area contributed by atoms with Crippen molar-refractivity contribution in [3.8, 4) is 0 Å². The number of esters is 1. The van der Waals surface area contributed by atoms with Gasteiger partial charge in [-0.05, 0) is 30.2 Å². The predicted molar refractivity (Wildman–Crippen MR) is 112 cm³/mol. The molecule has 0 aromatic heterocycles. The number of methoxy groups -OCH3 is 1. The van der Waals surface area contributed by atoms with E-state index in [1.807, 2.05) is 6.07 Å². The number of amides is 2. The van der Waals surface area contributed by atoms with Gasteiger partial charge >= 0.3 is 18.0 Å². The van der Waals surface area contributed by atoms with Crippen LogP contribution >= 0.6 is 11.6 Å². The van der Waals surface area contributed by atoms with Gasteiger partial charge in [-0.15, -0.1) is 0 Å². The number of rotatable bonds is 9. The number of carbonyl (C=O) groups excluding carboxylic acids is 3. The number of hydrogen-bond donors (Lipinski definition) is 3. The molecule has 2 amide bonds. The first-order valence-electron chi connectivity index (χ1n) is 9.18. The Morgan fingerprint density at radius 2 is 1.81 bits per heavy atom. The van der Waals surface area contributed by atoms with Crippen molar-refractivity contribution in [2.24, 2.45) is 0 Å². The number of ether oxygens (including phenoxy) is 2. The molecule has 164 valence electrons. The van der Waals surface area contributed by atoms with Gasteiger partial charge in [0.2, 0.25) is 5.91 Å². The Morgan fingerprint density at radius 1 is 1.10 bits per heavy atom. The topological polar surface area (TPSA) is 131 Å². The fourth-order valence-electron chi connectivity index (χ4n) is 2.56. The Labute approximate surface area is 183 Å². The Morgan fingerprint density at radius 3 is 2.45 bits per heavy atom. The fourth-order valence-corrected chi connectivity index (χ4v) is 2.73. The second kappa shape index (κ2) is 11.6. The van der Waals surface area contributed by atoms with Gasteiger partial charge in [0.25, 0.3) is 0 Å². The lowest BCUT2D eigenvalue weighted by Crippen LogP contribution is -2.41. The Kier molecular flexibility index (Phi) is 8.83. The molecule has 0 aliphatic rings. The van der Waals surface area contributed by atoms with E-state index in [-0.39, 0.29) is 35.7 Å². The molecule has 10 heteroatoms. The molecule has 31 heavy (non-hydrogen) atoms. The van der Waals surface area contributed by atoms with Crippen molar-refractivity contribution in [1.29, 1.82) is 0 Å². The number of nitrogens with one attached hydrogen (secondary N) is 2. The van der Waals surface area contributed by atoms with Crippen molar-refractivity contribution in [1.82, 2.24) is 5.32 Å². The molecule has 3 N–H and O–H groups in total. The van der Waals surface area contributed by atoms with Crippen LogP contribution in [-0.4, -0.2) is 42.2 Å². The van der Waals surface area contributed by atoms with E-state index in [2.05, 4.69) is 15.4 Å². The van der Waals surface area contributed by atoms with Crippen molar-refractivity contribution in [2.75, 3.05) is 12.4 Å². The third kappa shape index (κ3) is 7.63. The van der Waals surface area contributed by atoms with Crippen molar-refractivity contribution < 1.29 is 33.8 Å². The maximum Gasteiger partial charge on any atom is 0.408 e. The number of hydrogen-bond acceptors (Lipinski definition) is 6. The van der Waals surface area contributed by atoms with Crippen LogP contribution in [0, 0.1) is 0 Å². The molecule has 0 saturated carbocycles. The van der Waals surface area contributed by atoms with Crippen molar-refractivity contribution in [2.45, 2.75) is 25.5 Å². The predicted octanol–water partition coefficient (Wildman–Crippen LogP) is 3.22. The zero-order valence-corrected chi connectivity index (χ0v) is 17.3. The minimum absolute atomic E-state index is 0.0215. The van der Waals surface area contributed by atoms with E-state index in [9.17, 15) is 24.3 Å². The summed E-state index contributed by atoms with van der Waals surface area (Å²) in [6, 6.07) is 11.8. The third-order valence-electron chi connectivity index (χ3n) is 4.12. The van der Waals surface area contributed by atoms with Crippen molar-refractivity contribution in [3.05, 3.63) is 64.7 Å². The lowest BCUT2D eigenvalue weighted by molar-refractivity contribution is -0.139. The lowest BCUT2D eigenvalue weighted by atomic mass is 10.1. The zero-order valence-electron chi connectivity index (χ0n) is 16.6. The van der Waals surface area contributed by atoms with Crippen LogP contribution in [0.25, 0.3) is 0 Å². The van der Waals surface area contributed by atoms with E-state index < -0.39 is 30.0 Å². The van der Waals surface area contributed by atoms with Gasteiger partial charge in [-0.2, -0.15) is 0 Å². The molecule has 0 spiro atoms. The highest BCUT2D eigenvalue weighted by molar-refractivity contribution is 6.31. The number of carbonyl (C=O) groups is 4. The fraction of sp³-hybridized carbons (Fsp3) is 0.238. The number of alkyl carbamates (subject to hydrolysis) is 1. The molecule has 0 bridgehead atoms. The molecule has 9 nitrogen and oxygen atoms in total. The zero-order chi connectivity index (χ0) is 22.8. The highest BCUT2D eigenvalue weighted by Gasteiger charge is 2.22. The van der Waals surface area contributed by atoms with Gasteiger partial charge in [0.05, 0.1) is 18.4 Å². The first-order valence-corrected chi connectivity index (χ1v) is 9.55. The summed E-state index contributed by atoms with van der Waals surface area (Å²) in [5.41, 5.74) is 0.970. The van der Waals surface area contributed by atoms with Gasteiger partial charge in [0.15, 0.2) is 0 Å². The van der Waals surface area contributed by atoms with Gasteiger partial charge in [-0.25, -0.2) is 14.4 Å². The summed E-state index contributed by atoms with van der Waals surface area (Å²) in [4.78, 5) is 47.4. The molecule has 0 aliphatic heterocycles. The van der Waals surface area contributed by atoms with Crippen LogP contribution < -0.4 is 10.6 Å². The quantitative estimate of drug-likeness (QED) is 0.502. The molecular weight excluding hydrogens is 428 g/mol. The number of halogens is 1. The van der Waals surface area contributed by atoms with Crippen LogP contribution in [0.1, 0.15) is 28.8 Å². The van der Waals surface area contributed by atoms with Crippen LogP contribution in [0.15, 0.2) is 48.5 Å². The summed E-state index contributed by atoms with van der Waals surface area (Å²) in [6.45, 7) is -0.0215. The first-order chi connectivity index (χ1) is 14.8. The lowest BCUT2D eigenvalue weighted by Gasteiger charge is -2.15. The second-order valence-corrected chi connectivity index (χ2v) is 6.80. The molecule has 2 aromatic rings. The van der Waals surface area contributed by atoms with Gasteiger partial charge in [-0.3, -0.25) is 4.79 Å². The summed E-state index contributed by atoms with van der Waals surface area (Å²) in [5.74, 6) is -2.56. The van der Waals surface area contributed by atoms with Gasteiger partial charge < -0.3 is 25.2 Å². The second-order valence-electron chi connectivity index (χ2n) is 6.37. The summed E-state index contributed by atoms with van der Waals surface area (Å²) in [7, 11) is 1.19. The van der Waals surface area contributed by atoms with E-state index in [4.69, 9.17) is 16.3 Å². The smallest absolute Gasteiger partial charge is 0.408 e. The summed E-state index contributed by atoms with van der Waals surface area (Å²) >= 11 is 5.87. The van der Waals surface area contributed by atoms with Gasteiger partial charge in [-0.1, -0.05) is 41.9 Å². The number of carboxylic acid groups (broad SMARTS) is 1. The number of anilines is 1. The van der Waals surface area contributed by atoms with Gasteiger partial charge in [0.1, 0.15) is 12.6 Å². The maximum atomic E-state index is 12.3. The molecule has 2 aromatic carbocycles. The summed E-state index contributed by atoms with van der Waals surface area (Å²) in [5, 5.41) is 14.3. The maximum absolute atomic E-state index is 12.3. The summed E-state index contributed by atoms with van der Waals surface area (Å²) < 4.78 is 9.65.